The minimum Gasteiger partial charge on any atom is -0.496 e. The van der Waals surface area contributed by atoms with E-state index in [4.69, 9.17) is 39.5 Å². The van der Waals surface area contributed by atoms with Gasteiger partial charge in [0.2, 0.25) is 0 Å². The predicted molar refractivity (Wildman–Crippen MR) is 58.5 cm³/mol. The lowest BCUT2D eigenvalue weighted by molar-refractivity contribution is 0.188. The Morgan fingerprint density at radius 2 is 2.00 bits per heavy atom. The van der Waals surface area contributed by atoms with Gasteiger partial charge in [-0.2, -0.15) is 0 Å². The monoisotopic (exact) mass is 254 g/mol. The first-order valence-corrected chi connectivity index (χ1v) is 5.11. The number of methoxy groups -OCH3 is 1. The molecule has 1 N–H and O–H groups in total. The second-order valence-electron chi connectivity index (χ2n) is 2.64. The van der Waals surface area contributed by atoms with Gasteiger partial charge in [0.25, 0.3) is 0 Å². The highest BCUT2D eigenvalue weighted by molar-refractivity contribution is 6.44. The minimum absolute atomic E-state index is 0.378. The summed E-state index contributed by atoms with van der Waals surface area (Å²) in [6.07, 6.45) is -1.05. The van der Waals surface area contributed by atoms with Crippen molar-refractivity contribution in [3.8, 4) is 5.75 Å². The van der Waals surface area contributed by atoms with E-state index in [0.29, 0.717) is 16.3 Å². The molecule has 0 saturated heterocycles. The molecule has 1 aromatic carbocycles. The van der Waals surface area contributed by atoms with E-state index in [2.05, 4.69) is 0 Å². The third-order valence-corrected chi connectivity index (χ3v) is 2.57. The molecule has 0 bridgehead atoms. The SMILES string of the molecule is COc1cccc(Cl)c1C(O)C(Cl)Cl. The van der Waals surface area contributed by atoms with Crippen molar-refractivity contribution >= 4 is 34.8 Å². The lowest BCUT2D eigenvalue weighted by Gasteiger charge is -2.16. The summed E-state index contributed by atoms with van der Waals surface area (Å²) in [5.41, 5.74) is 0.409. The molecule has 5 heteroatoms. The minimum atomic E-state index is -1.05. The van der Waals surface area contributed by atoms with Crippen molar-refractivity contribution in [1.29, 1.82) is 0 Å². The number of hydrogen-bond donors (Lipinski definition) is 1. The second kappa shape index (κ2) is 5.08. The van der Waals surface area contributed by atoms with Gasteiger partial charge in [0.05, 0.1) is 12.1 Å². The normalized spacial score (nSPS) is 13.0. The summed E-state index contributed by atoms with van der Waals surface area (Å²) in [6.45, 7) is 0. The fraction of sp³-hybridized carbons (Fsp3) is 0.333. The Labute approximate surface area is 97.3 Å². The van der Waals surface area contributed by atoms with Crippen molar-refractivity contribution in [3.63, 3.8) is 0 Å². The number of hydrogen-bond acceptors (Lipinski definition) is 2. The largest absolute Gasteiger partial charge is 0.496 e. The van der Waals surface area contributed by atoms with Gasteiger partial charge in [-0.3, -0.25) is 0 Å². The van der Waals surface area contributed by atoms with E-state index in [1.54, 1.807) is 18.2 Å². The van der Waals surface area contributed by atoms with Crippen LogP contribution in [0.3, 0.4) is 0 Å². The molecule has 0 heterocycles. The van der Waals surface area contributed by atoms with Gasteiger partial charge in [0, 0.05) is 5.56 Å². The smallest absolute Gasteiger partial charge is 0.137 e. The van der Waals surface area contributed by atoms with Crippen LogP contribution in [0.4, 0.5) is 0 Å². The van der Waals surface area contributed by atoms with Crippen LogP contribution in [0.1, 0.15) is 11.7 Å². The number of alkyl halides is 2. The third-order valence-electron chi connectivity index (χ3n) is 1.77. The summed E-state index contributed by atoms with van der Waals surface area (Å²) in [6, 6.07) is 5.04. The Kier molecular flexibility index (Phi) is 4.32. The fourth-order valence-corrected chi connectivity index (χ4v) is 1.64. The molecule has 1 unspecified atom stereocenters. The predicted octanol–water partition coefficient (Wildman–Crippen LogP) is 3.19. The molecular formula is C9H9Cl3O2. The van der Waals surface area contributed by atoms with Gasteiger partial charge >= 0.3 is 0 Å². The van der Waals surface area contributed by atoms with E-state index in [0.717, 1.165) is 0 Å². The third kappa shape index (κ3) is 2.45. The van der Waals surface area contributed by atoms with E-state index >= 15 is 0 Å². The molecule has 0 aliphatic carbocycles. The van der Waals surface area contributed by atoms with Gasteiger partial charge in [-0.05, 0) is 12.1 Å². The van der Waals surface area contributed by atoms with Crippen molar-refractivity contribution < 1.29 is 9.84 Å². The first kappa shape index (κ1) is 11.9. The summed E-state index contributed by atoms with van der Waals surface area (Å²) in [5, 5.41) is 10.0. The van der Waals surface area contributed by atoms with Gasteiger partial charge in [-0.1, -0.05) is 17.7 Å². The Morgan fingerprint density at radius 1 is 1.36 bits per heavy atom. The van der Waals surface area contributed by atoms with Crippen LogP contribution in [0.5, 0.6) is 5.75 Å². The molecule has 1 atom stereocenters. The van der Waals surface area contributed by atoms with Crippen molar-refractivity contribution in [1.82, 2.24) is 0 Å². The topological polar surface area (TPSA) is 29.5 Å². The average Bonchev–Trinajstić information content (AvgIpc) is 2.16. The molecular weight excluding hydrogens is 246 g/mol. The van der Waals surface area contributed by atoms with Crippen LogP contribution in [0, 0.1) is 0 Å². The Hall–Kier alpha value is -0.150. The molecule has 78 valence electrons. The van der Waals surface area contributed by atoms with E-state index in [-0.39, 0.29) is 0 Å². The molecule has 0 aliphatic heterocycles. The van der Waals surface area contributed by atoms with Gasteiger partial charge in [0.1, 0.15) is 16.7 Å². The number of ether oxygens (including phenoxy) is 1. The van der Waals surface area contributed by atoms with E-state index < -0.39 is 10.9 Å². The first-order chi connectivity index (χ1) is 6.57. The molecule has 0 radical (unpaired) electrons. The lowest BCUT2D eigenvalue weighted by atomic mass is 10.1. The molecule has 2 nitrogen and oxygen atoms in total. The van der Waals surface area contributed by atoms with E-state index in [1.165, 1.54) is 7.11 Å². The number of rotatable bonds is 3. The van der Waals surface area contributed by atoms with Crippen LogP contribution in [-0.4, -0.2) is 17.1 Å². The maximum Gasteiger partial charge on any atom is 0.137 e. The van der Waals surface area contributed by atoms with Crippen LogP contribution in [0.15, 0.2) is 18.2 Å². The molecule has 14 heavy (non-hydrogen) atoms. The molecule has 1 aromatic rings. The van der Waals surface area contributed by atoms with Crippen molar-refractivity contribution in [2.75, 3.05) is 7.11 Å². The standard InChI is InChI=1S/C9H9Cl3O2/c1-14-6-4-2-3-5(10)7(6)8(13)9(11)12/h2-4,8-9,13H,1H3. The van der Waals surface area contributed by atoms with Crippen LogP contribution < -0.4 is 4.74 Å². The summed E-state index contributed by atoms with van der Waals surface area (Å²) in [5.74, 6) is 0.469. The van der Waals surface area contributed by atoms with Crippen LogP contribution in [-0.2, 0) is 0 Å². The highest BCUT2D eigenvalue weighted by atomic mass is 35.5. The Morgan fingerprint density at radius 3 is 2.50 bits per heavy atom. The molecule has 0 aromatic heterocycles. The fourth-order valence-electron chi connectivity index (χ4n) is 1.11. The molecule has 0 spiro atoms. The van der Waals surface area contributed by atoms with E-state index in [9.17, 15) is 5.11 Å². The van der Waals surface area contributed by atoms with Crippen molar-refractivity contribution in [2.24, 2.45) is 0 Å². The van der Waals surface area contributed by atoms with Crippen LogP contribution in [0.25, 0.3) is 0 Å². The number of halogens is 3. The number of aliphatic hydroxyl groups is 1. The molecule has 0 saturated carbocycles. The van der Waals surface area contributed by atoms with Gasteiger partial charge in [0.15, 0.2) is 0 Å². The average molecular weight is 256 g/mol. The Balaban J connectivity index is 3.16. The highest BCUT2D eigenvalue weighted by Gasteiger charge is 2.22. The van der Waals surface area contributed by atoms with Gasteiger partial charge in [-0.25, -0.2) is 0 Å². The lowest BCUT2D eigenvalue weighted by Crippen LogP contribution is -2.08. The number of benzene rings is 1. The molecule has 0 amide bonds. The van der Waals surface area contributed by atoms with Crippen LogP contribution >= 0.6 is 34.8 Å². The van der Waals surface area contributed by atoms with Gasteiger partial charge < -0.3 is 9.84 Å². The maximum absolute atomic E-state index is 9.66. The van der Waals surface area contributed by atoms with Crippen molar-refractivity contribution in [2.45, 2.75) is 10.9 Å². The molecule has 0 fully saturated rings. The maximum atomic E-state index is 9.66. The van der Waals surface area contributed by atoms with Gasteiger partial charge in [-0.15, -0.1) is 23.2 Å². The first-order valence-electron chi connectivity index (χ1n) is 3.86. The summed E-state index contributed by atoms with van der Waals surface area (Å²) in [7, 11) is 1.49. The Bertz CT molecular complexity index is 315. The highest BCUT2D eigenvalue weighted by Crippen LogP contribution is 2.36. The quantitative estimate of drug-likeness (QED) is 0.841. The second-order valence-corrected chi connectivity index (χ2v) is 4.21. The van der Waals surface area contributed by atoms with Crippen LogP contribution in [0.2, 0.25) is 5.02 Å². The summed E-state index contributed by atoms with van der Waals surface area (Å²) < 4.78 is 5.04. The summed E-state index contributed by atoms with van der Waals surface area (Å²) >= 11 is 17.0. The number of aliphatic hydroxyl groups excluding tert-OH is 1. The molecule has 1 rings (SSSR count). The zero-order valence-electron chi connectivity index (χ0n) is 7.38. The molecule has 0 aliphatic rings. The zero-order valence-corrected chi connectivity index (χ0v) is 9.64. The summed E-state index contributed by atoms with van der Waals surface area (Å²) in [4.78, 5) is -0.941. The van der Waals surface area contributed by atoms with Crippen molar-refractivity contribution in [3.05, 3.63) is 28.8 Å². The zero-order chi connectivity index (χ0) is 10.7. The van der Waals surface area contributed by atoms with E-state index in [1.807, 2.05) is 0 Å².